The van der Waals surface area contributed by atoms with Crippen LogP contribution >= 0.6 is 11.6 Å². The second-order valence-electron chi connectivity index (χ2n) is 5.39. The van der Waals surface area contributed by atoms with Crippen LogP contribution in [0.5, 0.6) is 0 Å². The lowest BCUT2D eigenvalue weighted by atomic mass is 9.98. The number of hydrogen-bond acceptors (Lipinski definition) is 3. The zero-order valence-corrected chi connectivity index (χ0v) is 11.6. The number of ether oxygens (including phenoxy) is 2. The van der Waals surface area contributed by atoms with Crippen molar-refractivity contribution in [2.75, 3.05) is 25.8 Å². The fraction of sp³-hybridized carbons (Fsp3) is 0.917. The monoisotopic (exact) mass is 263 g/mol. The Labute approximate surface area is 108 Å². The maximum absolute atomic E-state index is 11.8. The first kappa shape index (κ1) is 14.6. The first-order valence-corrected chi connectivity index (χ1v) is 6.57. The molecule has 0 spiro atoms. The molecule has 0 bridgehead atoms. The first-order valence-electron chi connectivity index (χ1n) is 6.04. The van der Waals surface area contributed by atoms with Gasteiger partial charge >= 0.3 is 6.09 Å². The predicted molar refractivity (Wildman–Crippen MR) is 67.2 cm³/mol. The van der Waals surface area contributed by atoms with E-state index in [2.05, 4.69) is 0 Å². The van der Waals surface area contributed by atoms with Gasteiger partial charge in [0, 0.05) is 13.1 Å². The summed E-state index contributed by atoms with van der Waals surface area (Å²) in [5.74, 6) is 0.507. The minimum absolute atomic E-state index is 0.214. The van der Waals surface area contributed by atoms with E-state index in [0.29, 0.717) is 12.5 Å². The van der Waals surface area contributed by atoms with Crippen molar-refractivity contribution >= 4 is 17.7 Å². The lowest BCUT2D eigenvalue weighted by Gasteiger charge is -2.33. The average Bonchev–Trinajstić information content (AvgIpc) is 2.24. The van der Waals surface area contributed by atoms with Crippen LogP contribution in [-0.2, 0) is 9.47 Å². The quantitative estimate of drug-likeness (QED) is 0.735. The van der Waals surface area contributed by atoms with Gasteiger partial charge in [0.25, 0.3) is 0 Å². The van der Waals surface area contributed by atoms with E-state index in [1.165, 1.54) is 0 Å². The Morgan fingerprint density at radius 2 is 1.94 bits per heavy atom. The van der Waals surface area contributed by atoms with E-state index in [1.807, 2.05) is 20.8 Å². The highest BCUT2D eigenvalue weighted by molar-refractivity contribution is 6.17. The van der Waals surface area contributed by atoms with Crippen LogP contribution < -0.4 is 0 Å². The molecule has 0 aliphatic carbocycles. The number of halogens is 1. The van der Waals surface area contributed by atoms with Gasteiger partial charge in [-0.05, 0) is 39.5 Å². The van der Waals surface area contributed by atoms with Gasteiger partial charge in [-0.25, -0.2) is 4.79 Å². The standard InChI is InChI=1S/C12H22ClNO3/c1-12(2,3)17-11(15)14-6-4-10(5-7-14)8-16-9-13/h10H,4-9H2,1-3H3. The van der Waals surface area contributed by atoms with Crippen molar-refractivity contribution in [3.63, 3.8) is 0 Å². The molecule has 0 aromatic carbocycles. The largest absolute Gasteiger partial charge is 0.444 e. The van der Waals surface area contributed by atoms with Gasteiger partial charge in [0.2, 0.25) is 0 Å². The molecule has 1 saturated heterocycles. The third-order valence-electron chi connectivity index (χ3n) is 2.70. The minimum Gasteiger partial charge on any atom is -0.444 e. The fourth-order valence-corrected chi connectivity index (χ4v) is 1.91. The number of piperidine rings is 1. The molecule has 4 nitrogen and oxygen atoms in total. The molecule has 0 aromatic rings. The van der Waals surface area contributed by atoms with E-state index in [0.717, 1.165) is 25.9 Å². The topological polar surface area (TPSA) is 38.8 Å². The summed E-state index contributed by atoms with van der Waals surface area (Å²) in [6, 6.07) is 0.242. The molecule has 1 fully saturated rings. The summed E-state index contributed by atoms with van der Waals surface area (Å²) in [6.07, 6.45) is 1.70. The molecular formula is C12H22ClNO3. The maximum Gasteiger partial charge on any atom is 0.410 e. The highest BCUT2D eigenvalue weighted by Crippen LogP contribution is 2.19. The van der Waals surface area contributed by atoms with Crippen LogP contribution in [0.25, 0.3) is 0 Å². The first-order chi connectivity index (χ1) is 7.92. The number of carbonyl (C=O) groups is 1. The van der Waals surface area contributed by atoms with Gasteiger partial charge in [0.1, 0.15) is 11.7 Å². The van der Waals surface area contributed by atoms with E-state index in [4.69, 9.17) is 21.1 Å². The van der Waals surface area contributed by atoms with Crippen LogP contribution in [0.15, 0.2) is 0 Å². The Morgan fingerprint density at radius 1 is 1.35 bits per heavy atom. The van der Waals surface area contributed by atoms with E-state index >= 15 is 0 Å². The highest BCUT2D eigenvalue weighted by Gasteiger charge is 2.26. The highest BCUT2D eigenvalue weighted by atomic mass is 35.5. The Hall–Kier alpha value is -0.480. The number of hydrogen-bond donors (Lipinski definition) is 0. The Morgan fingerprint density at radius 3 is 2.41 bits per heavy atom. The zero-order valence-electron chi connectivity index (χ0n) is 10.9. The molecule has 1 heterocycles. The molecule has 17 heavy (non-hydrogen) atoms. The van der Waals surface area contributed by atoms with Crippen LogP contribution in [0.2, 0.25) is 0 Å². The van der Waals surface area contributed by atoms with Crippen molar-refractivity contribution in [3.8, 4) is 0 Å². The summed E-state index contributed by atoms with van der Waals surface area (Å²) < 4.78 is 10.5. The number of amides is 1. The van der Waals surface area contributed by atoms with Crippen molar-refractivity contribution in [1.29, 1.82) is 0 Å². The molecule has 0 aromatic heterocycles. The number of alkyl halides is 1. The molecule has 0 atom stereocenters. The van der Waals surface area contributed by atoms with Gasteiger partial charge in [0.15, 0.2) is 0 Å². The van der Waals surface area contributed by atoms with Crippen molar-refractivity contribution in [2.24, 2.45) is 5.92 Å². The number of likely N-dealkylation sites (tertiary alicyclic amines) is 1. The number of rotatable bonds is 3. The average molecular weight is 264 g/mol. The maximum atomic E-state index is 11.8. The lowest BCUT2D eigenvalue weighted by Crippen LogP contribution is -2.42. The summed E-state index contributed by atoms with van der Waals surface area (Å²) in [7, 11) is 0. The third kappa shape index (κ3) is 5.59. The Bertz CT molecular complexity index is 245. The molecule has 5 heteroatoms. The summed E-state index contributed by atoms with van der Waals surface area (Å²) >= 11 is 5.47. The molecule has 1 aliphatic rings. The van der Waals surface area contributed by atoms with E-state index in [9.17, 15) is 4.79 Å². The SMILES string of the molecule is CC(C)(C)OC(=O)N1CCC(COCCl)CC1. The van der Waals surface area contributed by atoms with Crippen LogP contribution in [0, 0.1) is 5.92 Å². The van der Waals surface area contributed by atoms with Crippen molar-refractivity contribution in [3.05, 3.63) is 0 Å². The van der Waals surface area contributed by atoms with Crippen LogP contribution in [0.1, 0.15) is 33.6 Å². The molecule has 0 saturated carbocycles. The second-order valence-corrected chi connectivity index (χ2v) is 5.61. The van der Waals surface area contributed by atoms with E-state index in [1.54, 1.807) is 4.90 Å². The van der Waals surface area contributed by atoms with E-state index in [-0.39, 0.29) is 12.2 Å². The van der Waals surface area contributed by atoms with Gasteiger partial charge < -0.3 is 14.4 Å². The van der Waals surface area contributed by atoms with Crippen molar-refractivity contribution in [1.82, 2.24) is 4.90 Å². The zero-order chi connectivity index (χ0) is 12.9. The van der Waals surface area contributed by atoms with Crippen molar-refractivity contribution in [2.45, 2.75) is 39.2 Å². The molecule has 100 valence electrons. The molecule has 1 aliphatic heterocycles. The van der Waals surface area contributed by atoms with Crippen LogP contribution in [0.4, 0.5) is 4.79 Å². The van der Waals surface area contributed by atoms with Crippen LogP contribution in [0.3, 0.4) is 0 Å². The molecule has 1 amide bonds. The second kappa shape index (κ2) is 6.45. The Balaban J connectivity index is 2.29. The third-order valence-corrected chi connectivity index (χ3v) is 2.85. The molecule has 0 radical (unpaired) electrons. The predicted octanol–water partition coefficient (Wildman–Crippen LogP) is 2.85. The van der Waals surface area contributed by atoms with Gasteiger partial charge in [-0.15, -0.1) is 0 Å². The van der Waals surface area contributed by atoms with Gasteiger partial charge in [-0.1, -0.05) is 11.6 Å². The smallest absolute Gasteiger partial charge is 0.410 e. The Kier molecular flexibility index (Phi) is 5.53. The van der Waals surface area contributed by atoms with Gasteiger partial charge in [-0.3, -0.25) is 0 Å². The van der Waals surface area contributed by atoms with Crippen LogP contribution in [-0.4, -0.2) is 42.4 Å². The summed E-state index contributed by atoms with van der Waals surface area (Å²) in [5, 5.41) is 0. The molecular weight excluding hydrogens is 242 g/mol. The molecule has 0 N–H and O–H groups in total. The van der Waals surface area contributed by atoms with Gasteiger partial charge in [-0.2, -0.15) is 0 Å². The fourth-order valence-electron chi connectivity index (χ4n) is 1.82. The summed E-state index contributed by atoms with van der Waals surface area (Å²) in [4.78, 5) is 13.6. The van der Waals surface area contributed by atoms with Crippen molar-refractivity contribution < 1.29 is 14.3 Å². The molecule has 0 unspecified atom stereocenters. The van der Waals surface area contributed by atoms with E-state index < -0.39 is 5.60 Å². The lowest BCUT2D eigenvalue weighted by molar-refractivity contribution is 0.0137. The number of nitrogens with zero attached hydrogens (tertiary/aromatic N) is 1. The minimum atomic E-state index is -0.421. The normalized spacial score (nSPS) is 18.2. The van der Waals surface area contributed by atoms with Gasteiger partial charge in [0.05, 0.1) is 6.61 Å². The number of carbonyl (C=O) groups excluding carboxylic acids is 1. The summed E-state index contributed by atoms with van der Waals surface area (Å²) in [5.41, 5.74) is -0.421. The summed E-state index contributed by atoms with van der Waals surface area (Å²) in [6.45, 7) is 7.81. The molecule has 1 rings (SSSR count).